The first kappa shape index (κ1) is 17.6. The van der Waals surface area contributed by atoms with Gasteiger partial charge in [-0.1, -0.05) is 35.9 Å². The molecule has 6 heteroatoms. The number of methoxy groups -OCH3 is 1. The molecule has 0 bridgehead atoms. The maximum absolute atomic E-state index is 12.4. The molecule has 0 saturated carbocycles. The number of hydrogen-bond donors (Lipinski definition) is 1. The number of nitrogens with one attached hydrogen (secondary N) is 1. The van der Waals surface area contributed by atoms with Gasteiger partial charge in [-0.25, -0.2) is 4.98 Å². The van der Waals surface area contributed by atoms with Crippen LogP contribution in [-0.4, -0.2) is 18.0 Å². The molecule has 3 aromatic rings. The SMILES string of the molecule is COCc1cccc(C(=O)Nc2ncc(Cc3cccc(Cl)c3)s2)c1. The summed E-state index contributed by atoms with van der Waals surface area (Å²) in [5, 5.41) is 4.14. The third-order valence-corrected chi connectivity index (χ3v) is 4.69. The second kappa shape index (κ2) is 8.25. The summed E-state index contributed by atoms with van der Waals surface area (Å²) in [4.78, 5) is 17.7. The van der Waals surface area contributed by atoms with E-state index in [1.165, 1.54) is 11.3 Å². The molecule has 2 aromatic carbocycles. The maximum atomic E-state index is 12.4. The van der Waals surface area contributed by atoms with Crippen molar-refractivity contribution in [2.24, 2.45) is 0 Å². The molecule has 0 aliphatic carbocycles. The van der Waals surface area contributed by atoms with Crippen LogP contribution in [-0.2, 0) is 17.8 Å². The van der Waals surface area contributed by atoms with Crippen LogP contribution in [0.4, 0.5) is 5.13 Å². The summed E-state index contributed by atoms with van der Waals surface area (Å²) >= 11 is 7.47. The summed E-state index contributed by atoms with van der Waals surface area (Å²) in [6.45, 7) is 0.474. The number of hydrogen-bond acceptors (Lipinski definition) is 4. The second-order valence-electron chi connectivity index (χ2n) is 5.53. The molecule has 0 unspecified atom stereocenters. The van der Waals surface area contributed by atoms with Crippen molar-refractivity contribution < 1.29 is 9.53 Å². The Morgan fingerprint density at radius 3 is 2.80 bits per heavy atom. The average molecular weight is 373 g/mol. The highest BCUT2D eigenvalue weighted by atomic mass is 35.5. The van der Waals surface area contributed by atoms with E-state index in [-0.39, 0.29) is 5.91 Å². The molecule has 1 amide bonds. The fraction of sp³-hybridized carbons (Fsp3) is 0.158. The van der Waals surface area contributed by atoms with E-state index in [2.05, 4.69) is 10.3 Å². The monoisotopic (exact) mass is 372 g/mol. The minimum absolute atomic E-state index is 0.179. The van der Waals surface area contributed by atoms with Crippen LogP contribution in [0.2, 0.25) is 5.02 Å². The smallest absolute Gasteiger partial charge is 0.257 e. The van der Waals surface area contributed by atoms with E-state index >= 15 is 0 Å². The molecule has 0 spiro atoms. The highest BCUT2D eigenvalue weighted by molar-refractivity contribution is 7.15. The first-order valence-corrected chi connectivity index (χ1v) is 8.92. The van der Waals surface area contributed by atoms with Gasteiger partial charge in [0.25, 0.3) is 5.91 Å². The van der Waals surface area contributed by atoms with Gasteiger partial charge in [0, 0.05) is 35.2 Å². The van der Waals surface area contributed by atoms with Crippen LogP contribution in [0.3, 0.4) is 0 Å². The Morgan fingerprint density at radius 1 is 1.20 bits per heavy atom. The molecule has 1 heterocycles. The molecule has 0 fully saturated rings. The number of carbonyl (C=O) groups is 1. The van der Waals surface area contributed by atoms with Gasteiger partial charge >= 0.3 is 0 Å². The molecule has 0 aliphatic rings. The van der Waals surface area contributed by atoms with E-state index in [1.54, 1.807) is 19.4 Å². The van der Waals surface area contributed by atoms with Gasteiger partial charge in [0.1, 0.15) is 0 Å². The maximum Gasteiger partial charge on any atom is 0.257 e. The summed E-state index contributed by atoms with van der Waals surface area (Å²) in [6.07, 6.45) is 2.51. The highest BCUT2D eigenvalue weighted by Gasteiger charge is 2.10. The van der Waals surface area contributed by atoms with Crippen LogP contribution >= 0.6 is 22.9 Å². The number of thiazole rings is 1. The fourth-order valence-corrected chi connectivity index (χ4v) is 3.49. The molecule has 0 saturated heterocycles. The van der Waals surface area contributed by atoms with Crippen molar-refractivity contribution in [1.29, 1.82) is 0 Å². The minimum atomic E-state index is -0.179. The van der Waals surface area contributed by atoms with Gasteiger partial charge in [-0.05, 0) is 35.4 Å². The molecule has 1 N–H and O–H groups in total. The van der Waals surface area contributed by atoms with Crippen molar-refractivity contribution in [2.75, 3.05) is 12.4 Å². The first-order chi connectivity index (χ1) is 12.1. The Hall–Kier alpha value is -2.21. The van der Waals surface area contributed by atoms with Gasteiger partial charge in [-0.2, -0.15) is 0 Å². The number of ether oxygens (including phenoxy) is 1. The quantitative estimate of drug-likeness (QED) is 0.677. The van der Waals surface area contributed by atoms with Crippen molar-refractivity contribution in [1.82, 2.24) is 4.98 Å². The summed E-state index contributed by atoms with van der Waals surface area (Å²) < 4.78 is 5.10. The molecule has 4 nitrogen and oxygen atoms in total. The Bertz CT molecular complexity index is 879. The third-order valence-electron chi connectivity index (χ3n) is 3.54. The van der Waals surface area contributed by atoms with Gasteiger partial charge in [-0.3, -0.25) is 10.1 Å². The van der Waals surface area contributed by atoms with E-state index in [0.717, 1.165) is 22.4 Å². The van der Waals surface area contributed by atoms with E-state index in [0.29, 0.717) is 22.3 Å². The second-order valence-corrected chi connectivity index (χ2v) is 7.08. The van der Waals surface area contributed by atoms with Gasteiger partial charge in [0.2, 0.25) is 0 Å². The van der Waals surface area contributed by atoms with Crippen molar-refractivity contribution in [3.63, 3.8) is 0 Å². The lowest BCUT2D eigenvalue weighted by Crippen LogP contribution is -2.11. The minimum Gasteiger partial charge on any atom is -0.380 e. The molecule has 128 valence electrons. The Kier molecular flexibility index (Phi) is 5.81. The molecule has 0 aliphatic heterocycles. The summed E-state index contributed by atoms with van der Waals surface area (Å²) in [5.74, 6) is -0.179. The predicted octanol–water partition coefficient (Wildman–Crippen LogP) is 4.79. The third kappa shape index (κ3) is 4.89. The van der Waals surface area contributed by atoms with E-state index < -0.39 is 0 Å². The highest BCUT2D eigenvalue weighted by Crippen LogP contribution is 2.23. The predicted molar refractivity (Wildman–Crippen MR) is 101 cm³/mol. The van der Waals surface area contributed by atoms with Gasteiger partial charge in [-0.15, -0.1) is 11.3 Å². The fourth-order valence-electron chi connectivity index (χ4n) is 2.43. The number of nitrogens with zero attached hydrogens (tertiary/aromatic N) is 1. The topological polar surface area (TPSA) is 51.2 Å². The molecular weight excluding hydrogens is 356 g/mol. The molecule has 0 atom stereocenters. The van der Waals surface area contributed by atoms with Gasteiger partial charge < -0.3 is 4.74 Å². The molecule has 25 heavy (non-hydrogen) atoms. The summed E-state index contributed by atoms with van der Waals surface area (Å²) in [7, 11) is 1.63. The average Bonchev–Trinajstić information content (AvgIpc) is 3.02. The number of benzene rings is 2. The summed E-state index contributed by atoms with van der Waals surface area (Å²) in [5.41, 5.74) is 2.65. The Morgan fingerprint density at radius 2 is 2.00 bits per heavy atom. The van der Waals surface area contributed by atoms with E-state index in [4.69, 9.17) is 16.3 Å². The van der Waals surface area contributed by atoms with Crippen LogP contribution in [0.5, 0.6) is 0 Å². The van der Waals surface area contributed by atoms with Crippen LogP contribution in [0.15, 0.2) is 54.7 Å². The number of rotatable bonds is 6. The molecule has 3 rings (SSSR count). The van der Waals surface area contributed by atoms with Crippen LogP contribution in [0, 0.1) is 0 Å². The van der Waals surface area contributed by atoms with Gasteiger partial charge in [0.05, 0.1) is 6.61 Å². The lowest BCUT2D eigenvalue weighted by atomic mass is 10.1. The normalized spacial score (nSPS) is 10.6. The van der Waals surface area contributed by atoms with E-state index in [9.17, 15) is 4.79 Å². The lowest BCUT2D eigenvalue weighted by Gasteiger charge is -2.04. The first-order valence-electron chi connectivity index (χ1n) is 7.72. The van der Waals surface area contributed by atoms with Crippen LogP contribution in [0.1, 0.15) is 26.4 Å². The lowest BCUT2D eigenvalue weighted by molar-refractivity contribution is 0.102. The van der Waals surface area contributed by atoms with Crippen LogP contribution < -0.4 is 5.32 Å². The molecular formula is C19H17ClN2O2S. The van der Waals surface area contributed by atoms with E-state index in [1.807, 2.05) is 42.5 Å². The van der Waals surface area contributed by atoms with Gasteiger partial charge in [0.15, 0.2) is 5.13 Å². The standard InChI is InChI=1S/C19H17ClN2O2S/c1-24-12-14-5-2-6-15(8-14)18(23)22-19-21-11-17(25-19)10-13-4-3-7-16(20)9-13/h2-9,11H,10,12H2,1H3,(H,21,22,23). The number of anilines is 1. The zero-order chi connectivity index (χ0) is 17.6. The number of carbonyl (C=O) groups excluding carboxylic acids is 1. The number of amides is 1. The van der Waals surface area contributed by atoms with Crippen molar-refractivity contribution in [2.45, 2.75) is 13.0 Å². The van der Waals surface area contributed by atoms with Crippen molar-refractivity contribution >= 4 is 34.0 Å². The Labute approximate surface area is 155 Å². The zero-order valence-electron chi connectivity index (χ0n) is 13.7. The largest absolute Gasteiger partial charge is 0.380 e. The number of aromatic nitrogens is 1. The summed E-state index contributed by atoms with van der Waals surface area (Å²) in [6, 6.07) is 15.1. The van der Waals surface area contributed by atoms with Crippen LogP contribution in [0.25, 0.3) is 0 Å². The van der Waals surface area contributed by atoms with Crippen molar-refractivity contribution in [3.8, 4) is 0 Å². The Balaban J connectivity index is 1.66. The molecule has 0 radical (unpaired) electrons. The number of halogens is 1. The van der Waals surface area contributed by atoms with Crippen molar-refractivity contribution in [3.05, 3.63) is 81.3 Å². The molecule has 1 aromatic heterocycles. The zero-order valence-corrected chi connectivity index (χ0v) is 15.2.